The number of hydrogen-bond donors (Lipinski definition) is 2. The molecular weight excluding hydrogens is 414 g/mol. The molecule has 0 aliphatic carbocycles. The Morgan fingerprint density at radius 3 is 2.65 bits per heavy atom. The lowest BCUT2D eigenvalue weighted by Gasteiger charge is -2.24. The van der Waals surface area contributed by atoms with Crippen molar-refractivity contribution in [3.05, 3.63) is 54.6 Å². The first-order valence-corrected chi connectivity index (χ1v) is 11.4. The average molecular weight is 446 g/mol. The molecule has 1 aliphatic rings. The van der Waals surface area contributed by atoms with Gasteiger partial charge in [-0.3, -0.25) is 9.59 Å². The lowest BCUT2D eigenvalue weighted by Crippen LogP contribution is -2.35. The smallest absolute Gasteiger partial charge is 0.410 e. The van der Waals surface area contributed by atoms with Crippen molar-refractivity contribution in [2.75, 3.05) is 13.1 Å². The zero-order valence-corrected chi connectivity index (χ0v) is 19.9. The van der Waals surface area contributed by atoms with Crippen LogP contribution in [-0.2, 0) is 11.3 Å². The maximum absolute atomic E-state index is 12.8. The molecule has 0 spiro atoms. The van der Waals surface area contributed by atoms with Crippen molar-refractivity contribution < 1.29 is 14.3 Å². The summed E-state index contributed by atoms with van der Waals surface area (Å²) < 4.78 is 5.48. The summed E-state index contributed by atoms with van der Waals surface area (Å²) in [6, 6.07) is 1.90. The highest BCUT2D eigenvalue weighted by Crippen LogP contribution is 2.35. The number of thiophene rings is 1. The van der Waals surface area contributed by atoms with Gasteiger partial charge in [-0.05, 0) is 65.2 Å². The molecule has 1 fully saturated rings. The summed E-state index contributed by atoms with van der Waals surface area (Å²) in [5.74, 6) is 0.00243. The number of aromatic amines is 1. The molecule has 168 valence electrons. The van der Waals surface area contributed by atoms with Crippen LogP contribution in [0, 0.1) is 20.8 Å². The summed E-state index contributed by atoms with van der Waals surface area (Å²) in [5.41, 5.74) is 3.09. The van der Waals surface area contributed by atoms with Gasteiger partial charge in [0.05, 0.1) is 5.56 Å². The van der Waals surface area contributed by atoms with E-state index in [1.165, 1.54) is 0 Å². The molecule has 1 saturated heterocycles. The van der Waals surface area contributed by atoms with Gasteiger partial charge in [0.25, 0.3) is 11.5 Å². The molecule has 0 aromatic carbocycles. The molecule has 31 heavy (non-hydrogen) atoms. The van der Waals surface area contributed by atoms with Gasteiger partial charge in [0, 0.05) is 47.1 Å². The Morgan fingerprint density at radius 2 is 2.00 bits per heavy atom. The van der Waals surface area contributed by atoms with Crippen molar-refractivity contribution in [1.29, 1.82) is 0 Å². The van der Waals surface area contributed by atoms with Gasteiger partial charge in [-0.2, -0.15) is 0 Å². The standard InChI is InChI=1S/C23H31N3O4S/c1-13-9-14(2)25-21(28)17(13)10-24-20(27)18-12-31-19(15(18)3)16-7-8-26(11-16)22(29)30-23(4,5)6/h9,12,16H,7-8,10-11H2,1-6H3,(H,24,27)(H,25,28). The zero-order valence-electron chi connectivity index (χ0n) is 19.0. The lowest BCUT2D eigenvalue weighted by atomic mass is 10.0. The van der Waals surface area contributed by atoms with Crippen LogP contribution in [0.15, 0.2) is 16.2 Å². The molecule has 0 radical (unpaired) electrons. The normalized spacial score (nSPS) is 16.5. The predicted octanol–water partition coefficient (Wildman–Crippen LogP) is 4.02. The minimum atomic E-state index is -0.517. The molecule has 3 rings (SSSR count). The Morgan fingerprint density at radius 1 is 1.29 bits per heavy atom. The highest BCUT2D eigenvalue weighted by atomic mass is 32.1. The van der Waals surface area contributed by atoms with Crippen molar-refractivity contribution in [1.82, 2.24) is 15.2 Å². The summed E-state index contributed by atoms with van der Waals surface area (Å²) in [4.78, 5) is 43.0. The van der Waals surface area contributed by atoms with Crippen LogP contribution in [0.25, 0.3) is 0 Å². The fraction of sp³-hybridized carbons (Fsp3) is 0.522. The van der Waals surface area contributed by atoms with Crippen molar-refractivity contribution in [2.45, 2.75) is 66.0 Å². The Bertz CT molecular complexity index is 1050. The fourth-order valence-electron chi connectivity index (χ4n) is 3.89. The zero-order chi connectivity index (χ0) is 22.9. The van der Waals surface area contributed by atoms with Gasteiger partial charge in [-0.1, -0.05) is 0 Å². The van der Waals surface area contributed by atoms with Gasteiger partial charge in [0.2, 0.25) is 0 Å². The van der Waals surface area contributed by atoms with Gasteiger partial charge < -0.3 is 19.9 Å². The number of carbonyl (C=O) groups is 2. The first-order valence-electron chi connectivity index (χ1n) is 10.5. The number of carbonyl (C=O) groups excluding carboxylic acids is 2. The molecule has 2 aromatic rings. The monoisotopic (exact) mass is 445 g/mol. The number of nitrogens with zero attached hydrogens (tertiary/aromatic N) is 1. The maximum Gasteiger partial charge on any atom is 0.410 e. The van der Waals surface area contributed by atoms with E-state index in [0.29, 0.717) is 24.2 Å². The van der Waals surface area contributed by atoms with E-state index in [1.54, 1.807) is 16.2 Å². The van der Waals surface area contributed by atoms with E-state index in [1.807, 2.05) is 53.0 Å². The van der Waals surface area contributed by atoms with Crippen LogP contribution in [0.3, 0.4) is 0 Å². The number of amides is 2. The Hall–Kier alpha value is -2.61. The molecule has 1 unspecified atom stereocenters. The number of pyridine rings is 1. The number of aromatic nitrogens is 1. The highest BCUT2D eigenvalue weighted by Gasteiger charge is 2.32. The number of rotatable bonds is 4. The number of ether oxygens (including phenoxy) is 1. The summed E-state index contributed by atoms with van der Waals surface area (Å²) >= 11 is 1.55. The number of aryl methyl sites for hydroxylation is 2. The minimum Gasteiger partial charge on any atom is -0.444 e. The third kappa shape index (κ3) is 5.36. The minimum absolute atomic E-state index is 0.172. The molecule has 0 bridgehead atoms. The van der Waals surface area contributed by atoms with Crippen LogP contribution in [0.4, 0.5) is 4.79 Å². The summed E-state index contributed by atoms with van der Waals surface area (Å²) in [5, 5.41) is 4.74. The van der Waals surface area contributed by atoms with Gasteiger partial charge in [0.1, 0.15) is 5.60 Å². The maximum atomic E-state index is 12.8. The van der Waals surface area contributed by atoms with Crippen molar-refractivity contribution in [3.63, 3.8) is 0 Å². The van der Waals surface area contributed by atoms with Crippen LogP contribution >= 0.6 is 11.3 Å². The molecule has 1 atom stereocenters. The second-order valence-electron chi connectivity index (χ2n) is 9.18. The van der Waals surface area contributed by atoms with Crippen LogP contribution in [0.2, 0.25) is 0 Å². The molecule has 2 aromatic heterocycles. The number of nitrogens with one attached hydrogen (secondary N) is 2. The van der Waals surface area contributed by atoms with Crippen molar-refractivity contribution in [3.8, 4) is 0 Å². The van der Waals surface area contributed by atoms with E-state index >= 15 is 0 Å². The van der Waals surface area contributed by atoms with E-state index < -0.39 is 5.60 Å². The highest BCUT2D eigenvalue weighted by molar-refractivity contribution is 7.10. The second kappa shape index (κ2) is 8.86. The third-order valence-corrected chi connectivity index (χ3v) is 6.70. The first kappa shape index (κ1) is 23.1. The average Bonchev–Trinajstić information content (AvgIpc) is 3.25. The van der Waals surface area contributed by atoms with Crippen molar-refractivity contribution >= 4 is 23.3 Å². The van der Waals surface area contributed by atoms with E-state index in [9.17, 15) is 14.4 Å². The van der Waals surface area contributed by atoms with Crippen LogP contribution in [0.1, 0.15) is 70.7 Å². The summed E-state index contributed by atoms with van der Waals surface area (Å²) in [7, 11) is 0. The molecule has 2 amide bonds. The SMILES string of the molecule is Cc1cc(C)c(CNC(=O)c2csc(C3CCN(C(=O)OC(C)(C)C)C3)c2C)c(=O)[nH]1. The molecule has 3 heterocycles. The fourth-order valence-corrected chi connectivity index (χ4v) is 5.09. The van der Waals surface area contributed by atoms with Gasteiger partial charge in [0.15, 0.2) is 0 Å². The molecule has 2 N–H and O–H groups in total. The van der Waals surface area contributed by atoms with Gasteiger partial charge in [-0.15, -0.1) is 11.3 Å². The predicted molar refractivity (Wildman–Crippen MR) is 122 cm³/mol. The molecular formula is C23H31N3O4S. The molecule has 0 saturated carbocycles. The van der Waals surface area contributed by atoms with E-state index in [-0.39, 0.29) is 30.0 Å². The third-order valence-electron chi connectivity index (χ3n) is 5.45. The summed E-state index contributed by atoms with van der Waals surface area (Å²) in [6.07, 6.45) is 0.556. The van der Waals surface area contributed by atoms with Crippen LogP contribution in [-0.4, -0.2) is 40.6 Å². The van der Waals surface area contributed by atoms with Gasteiger partial charge >= 0.3 is 6.09 Å². The van der Waals surface area contributed by atoms with Crippen LogP contribution in [0.5, 0.6) is 0 Å². The number of H-pyrrole nitrogens is 1. The van der Waals surface area contributed by atoms with E-state index in [0.717, 1.165) is 28.1 Å². The second-order valence-corrected chi connectivity index (χ2v) is 10.1. The molecule has 1 aliphatic heterocycles. The number of likely N-dealkylation sites (tertiary alicyclic amines) is 1. The lowest BCUT2D eigenvalue weighted by molar-refractivity contribution is 0.0292. The Balaban J connectivity index is 1.66. The molecule has 7 nitrogen and oxygen atoms in total. The topological polar surface area (TPSA) is 91.5 Å². The molecule has 8 heteroatoms. The Kier molecular flexibility index (Phi) is 6.59. The van der Waals surface area contributed by atoms with Crippen molar-refractivity contribution in [2.24, 2.45) is 0 Å². The van der Waals surface area contributed by atoms with E-state index in [4.69, 9.17) is 4.74 Å². The summed E-state index contributed by atoms with van der Waals surface area (Å²) in [6.45, 7) is 12.6. The first-order chi connectivity index (χ1) is 14.5. The van der Waals surface area contributed by atoms with Gasteiger partial charge in [-0.25, -0.2) is 4.79 Å². The Labute approximate surface area is 186 Å². The van der Waals surface area contributed by atoms with Crippen LogP contribution < -0.4 is 10.9 Å². The largest absolute Gasteiger partial charge is 0.444 e. The van der Waals surface area contributed by atoms with E-state index in [2.05, 4.69) is 10.3 Å². The number of hydrogen-bond acceptors (Lipinski definition) is 5. The quantitative estimate of drug-likeness (QED) is 0.744.